The maximum Gasteiger partial charge on any atom is 0.312 e. The van der Waals surface area contributed by atoms with Gasteiger partial charge in [0.1, 0.15) is 5.60 Å². The minimum absolute atomic E-state index is 0.0350. The fourth-order valence-electron chi connectivity index (χ4n) is 2.57. The third kappa shape index (κ3) is 1.27. The Morgan fingerprint density at radius 2 is 2.00 bits per heavy atom. The van der Waals surface area contributed by atoms with Gasteiger partial charge in [0.25, 0.3) is 0 Å². The molecule has 3 atom stereocenters. The van der Waals surface area contributed by atoms with Gasteiger partial charge in [-0.2, -0.15) is 0 Å². The third-order valence-electron chi connectivity index (χ3n) is 3.31. The van der Waals surface area contributed by atoms with Crippen LogP contribution >= 0.6 is 0 Å². The largest absolute Gasteiger partial charge is 0.460 e. The van der Waals surface area contributed by atoms with Crippen molar-refractivity contribution in [3.8, 4) is 0 Å². The van der Waals surface area contributed by atoms with Gasteiger partial charge in [-0.05, 0) is 45.4 Å². The highest BCUT2D eigenvalue weighted by Gasteiger charge is 2.71. The lowest BCUT2D eigenvalue weighted by atomic mass is 9.76. The summed E-state index contributed by atoms with van der Waals surface area (Å²) in [5.74, 6) is 1.43. The third-order valence-corrected chi connectivity index (χ3v) is 3.31. The number of hydrogen-bond acceptors (Lipinski definition) is 2. The minimum atomic E-state index is -0.322. The van der Waals surface area contributed by atoms with E-state index in [0.29, 0.717) is 5.92 Å². The van der Waals surface area contributed by atoms with E-state index in [2.05, 4.69) is 6.92 Å². The summed E-state index contributed by atoms with van der Waals surface area (Å²) >= 11 is 0. The maximum atomic E-state index is 11.7. The molecule has 2 fully saturated rings. The molecular formula is C11H18O2. The van der Waals surface area contributed by atoms with E-state index in [1.807, 2.05) is 20.8 Å². The van der Waals surface area contributed by atoms with Gasteiger partial charge >= 0.3 is 5.97 Å². The Morgan fingerprint density at radius 1 is 1.38 bits per heavy atom. The van der Waals surface area contributed by atoms with E-state index in [0.717, 1.165) is 18.8 Å². The van der Waals surface area contributed by atoms with Crippen molar-refractivity contribution in [2.45, 2.75) is 46.1 Å². The summed E-state index contributed by atoms with van der Waals surface area (Å²) in [5, 5.41) is 0. The van der Waals surface area contributed by atoms with Crippen molar-refractivity contribution >= 4 is 5.97 Å². The van der Waals surface area contributed by atoms with Crippen LogP contribution in [0, 0.1) is 17.3 Å². The topological polar surface area (TPSA) is 26.3 Å². The lowest BCUT2D eigenvalue weighted by Gasteiger charge is -2.32. The molecule has 0 heterocycles. The molecule has 0 N–H and O–H groups in total. The fraction of sp³-hybridized carbons (Fsp3) is 0.909. The Morgan fingerprint density at radius 3 is 2.31 bits per heavy atom. The second-order valence-corrected chi connectivity index (χ2v) is 5.65. The van der Waals surface area contributed by atoms with E-state index in [9.17, 15) is 4.79 Å². The second-order valence-electron chi connectivity index (χ2n) is 5.65. The fourth-order valence-corrected chi connectivity index (χ4v) is 2.57. The van der Waals surface area contributed by atoms with Gasteiger partial charge in [0.2, 0.25) is 0 Å². The first kappa shape index (κ1) is 9.04. The van der Waals surface area contributed by atoms with Crippen molar-refractivity contribution in [2.75, 3.05) is 0 Å². The molecule has 13 heavy (non-hydrogen) atoms. The average Bonchev–Trinajstić information content (AvgIpc) is 2.53. The number of esters is 1. The van der Waals surface area contributed by atoms with Gasteiger partial charge in [-0.25, -0.2) is 0 Å². The molecule has 0 amide bonds. The molecule has 0 saturated heterocycles. The molecule has 2 nitrogen and oxygen atoms in total. The van der Waals surface area contributed by atoms with Gasteiger partial charge in [0.05, 0.1) is 5.41 Å². The van der Waals surface area contributed by atoms with E-state index in [1.165, 1.54) is 0 Å². The molecule has 2 aliphatic carbocycles. The number of carbonyl (C=O) groups excluding carboxylic acids is 1. The highest BCUT2D eigenvalue weighted by molar-refractivity contribution is 5.82. The molecule has 0 aliphatic heterocycles. The highest BCUT2D eigenvalue weighted by atomic mass is 16.6. The zero-order chi connectivity index (χ0) is 9.85. The Labute approximate surface area is 79.7 Å². The van der Waals surface area contributed by atoms with Crippen molar-refractivity contribution in [3.05, 3.63) is 0 Å². The van der Waals surface area contributed by atoms with E-state index in [1.54, 1.807) is 0 Å². The summed E-state index contributed by atoms with van der Waals surface area (Å²) in [4.78, 5) is 11.7. The predicted octanol–water partition coefficient (Wildman–Crippen LogP) is 2.37. The molecule has 0 spiro atoms. The lowest BCUT2D eigenvalue weighted by molar-refractivity contribution is -0.166. The maximum absolute atomic E-state index is 11.7. The molecule has 0 radical (unpaired) electrons. The number of ether oxygens (including phenoxy) is 1. The van der Waals surface area contributed by atoms with Gasteiger partial charge in [0, 0.05) is 0 Å². The van der Waals surface area contributed by atoms with Crippen LogP contribution in [0.1, 0.15) is 40.5 Å². The number of hydrogen-bond donors (Lipinski definition) is 0. The molecule has 0 aromatic heterocycles. The molecule has 2 saturated carbocycles. The van der Waals surface area contributed by atoms with Crippen molar-refractivity contribution in [3.63, 3.8) is 0 Å². The van der Waals surface area contributed by atoms with Gasteiger partial charge in [0.15, 0.2) is 0 Å². The van der Waals surface area contributed by atoms with Gasteiger partial charge < -0.3 is 4.74 Å². The van der Waals surface area contributed by atoms with Crippen LogP contribution in [0.5, 0.6) is 0 Å². The van der Waals surface area contributed by atoms with Crippen LogP contribution in [0.15, 0.2) is 0 Å². The molecule has 0 aromatic carbocycles. The molecule has 2 aliphatic rings. The Kier molecular flexibility index (Phi) is 1.59. The van der Waals surface area contributed by atoms with Gasteiger partial charge in [-0.15, -0.1) is 0 Å². The monoisotopic (exact) mass is 182 g/mol. The summed E-state index contributed by atoms with van der Waals surface area (Å²) in [5.41, 5.74) is -0.357. The first-order valence-electron chi connectivity index (χ1n) is 5.09. The summed E-state index contributed by atoms with van der Waals surface area (Å²) in [6, 6.07) is 0. The number of rotatable bonds is 1. The summed E-state index contributed by atoms with van der Waals surface area (Å²) in [6.07, 6.45) is 2.12. The van der Waals surface area contributed by atoms with E-state index in [4.69, 9.17) is 4.74 Å². The van der Waals surface area contributed by atoms with Crippen molar-refractivity contribution < 1.29 is 9.53 Å². The first-order chi connectivity index (χ1) is 5.85. The Balaban J connectivity index is 1.94. The van der Waals surface area contributed by atoms with Gasteiger partial charge in [-0.3, -0.25) is 4.79 Å². The van der Waals surface area contributed by atoms with Crippen LogP contribution in [-0.4, -0.2) is 11.6 Å². The summed E-state index contributed by atoms with van der Waals surface area (Å²) in [7, 11) is 0. The molecule has 0 aromatic rings. The van der Waals surface area contributed by atoms with E-state index in [-0.39, 0.29) is 17.0 Å². The van der Waals surface area contributed by atoms with E-state index >= 15 is 0 Å². The number of fused-ring (bicyclic) bond motifs is 1. The normalized spacial score (nSPS) is 41.8. The molecule has 0 bridgehead atoms. The highest BCUT2D eigenvalue weighted by Crippen LogP contribution is 2.71. The van der Waals surface area contributed by atoms with Crippen LogP contribution < -0.4 is 0 Å². The van der Waals surface area contributed by atoms with Crippen molar-refractivity contribution in [2.24, 2.45) is 17.3 Å². The van der Waals surface area contributed by atoms with Crippen LogP contribution in [0.25, 0.3) is 0 Å². The molecule has 2 heteroatoms. The summed E-state index contributed by atoms with van der Waals surface area (Å²) in [6.45, 7) is 8.02. The average molecular weight is 182 g/mol. The van der Waals surface area contributed by atoms with Crippen molar-refractivity contribution in [1.82, 2.24) is 0 Å². The van der Waals surface area contributed by atoms with Gasteiger partial charge in [-0.1, -0.05) is 6.92 Å². The van der Waals surface area contributed by atoms with Crippen LogP contribution in [0.4, 0.5) is 0 Å². The first-order valence-corrected chi connectivity index (χ1v) is 5.09. The quantitative estimate of drug-likeness (QED) is 0.582. The second kappa shape index (κ2) is 2.28. The zero-order valence-electron chi connectivity index (χ0n) is 8.89. The Bertz CT molecular complexity index is 251. The van der Waals surface area contributed by atoms with Crippen LogP contribution in [-0.2, 0) is 9.53 Å². The minimum Gasteiger partial charge on any atom is -0.460 e. The molecular weight excluding hydrogens is 164 g/mol. The SMILES string of the molecule is C[C@@H]1C[C@]2(C(=O)OC(C)(C)C)C[C@H]12. The number of carbonyl (C=O) groups is 1. The van der Waals surface area contributed by atoms with E-state index < -0.39 is 0 Å². The summed E-state index contributed by atoms with van der Waals surface area (Å²) < 4.78 is 5.40. The van der Waals surface area contributed by atoms with Crippen molar-refractivity contribution in [1.29, 1.82) is 0 Å². The lowest BCUT2D eigenvalue weighted by Crippen LogP contribution is -2.37. The molecule has 2 rings (SSSR count). The molecule has 0 unspecified atom stereocenters. The smallest absolute Gasteiger partial charge is 0.312 e. The molecule has 74 valence electrons. The predicted molar refractivity (Wildman–Crippen MR) is 50.2 cm³/mol. The van der Waals surface area contributed by atoms with Crippen LogP contribution in [0.3, 0.4) is 0 Å². The standard InChI is InChI=1S/C11H18O2/c1-7-5-11(6-8(7)11)9(12)13-10(2,3)4/h7-8H,5-6H2,1-4H3/t7-,8-,11+/m1/s1. The Hall–Kier alpha value is -0.530. The zero-order valence-corrected chi connectivity index (χ0v) is 8.89. The van der Waals surface area contributed by atoms with Crippen LogP contribution in [0.2, 0.25) is 0 Å².